The van der Waals surface area contributed by atoms with Crippen molar-refractivity contribution in [1.82, 2.24) is 9.36 Å². The highest BCUT2D eigenvalue weighted by molar-refractivity contribution is 7.91. The first-order valence-electron chi connectivity index (χ1n) is 17.2. The lowest BCUT2D eigenvalue weighted by Gasteiger charge is -2.72. The molecule has 3 saturated carbocycles. The fourth-order valence-corrected chi connectivity index (χ4v) is 13.6. The quantitative estimate of drug-likeness (QED) is 0.254. The van der Waals surface area contributed by atoms with Gasteiger partial charge in [0.05, 0.1) is 32.5 Å². The molecular weight excluding hydrogens is 612 g/mol. The van der Waals surface area contributed by atoms with Gasteiger partial charge in [0.1, 0.15) is 6.10 Å². The number of ether oxygens (including phenoxy) is 1. The van der Waals surface area contributed by atoms with Gasteiger partial charge in [-0.05, 0) is 91.9 Å². The van der Waals surface area contributed by atoms with Crippen molar-refractivity contribution in [3.05, 3.63) is 87.5 Å². The summed E-state index contributed by atoms with van der Waals surface area (Å²) in [5.74, 6) is -0.0535. The Labute approximate surface area is 275 Å². The van der Waals surface area contributed by atoms with Crippen LogP contribution in [0.15, 0.2) is 81.2 Å². The molecular formula is C38H44N2O6S. The van der Waals surface area contributed by atoms with Crippen molar-refractivity contribution in [2.45, 2.75) is 94.7 Å². The number of allylic oxidation sites excluding steroid dienone is 2. The largest absolute Gasteiger partial charge is 0.462 e. The average Bonchev–Trinajstić information content (AvgIpc) is 3.41. The van der Waals surface area contributed by atoms with Crippen LogP contribution in [0.25, 0.3) is 10.8 Å². The standard InChI is InChI=1S/C38H44N2O6S/c1-24(23-47(44,45)27-10-6-5-7-11-27)30-14-15-31-35(30,3)18-17-32-36(4)19-16-26(46-25(2)41)22-37(36)20-21-38(31,32)40-34(43)29-13-9-8-12-28(29)33(42)39(37)40/h5-13,20-21,24,26,30-32H,14-19,22-23H2,1-4H3/t24-,26+,30-,31-,32-,35-,36-,37?,38?/m1/s1. The van der Waals surface area contributed by atoms with Gasteiger partial charge in [-0.2, -0.15) is 0 Å². The predicted molar refractivity (Wildman–Crippen MR) is 180 cm³/mol. The van der Waals surface area contributed by atoms with Crippen LogP contribution in [-0.4, -0.2) is 35.6 Å². The SMILES string of the molecule is CC(=O)O[C@H]1CC[C@]2(C)[C@H]3CC[C@]4(C)[C@@H]([C@H](C)CS(=O)(=O)c5ccccc5)CC[C@H]4C34C=CC2(C1)n1c(=O)c2ccccc2c(=O)n14. The van der Waals surface area contributed by atoms with Crippen molar-refractivity contribution in [2.75, 3.05) is 5.75 Å². The number of fused-ring (bicyclic) bond motifs is 2. The zero-order chi connectivity index (χ0) is 33.1. The summed E-state index contributed by atoms with van der Waals surface area (Å²) in [6.45, 7) is 8.14. The van der Waals surface area contributed by atoms with Gasteiger partial charge in [0.2, 0.25) is 0 Å². The molecule has 47 heavy (non-hydrogen) atoms. The van der Waals surface area contributed by atoms with E-state index in [9.17, 15) is 22.8 Å². The highest BCUT2D eigenvalue weighted by Gasteiger charge is 2.74. The van der Waals surface area contributed by atoms with Crippen LogP contribution in [-0.2, 0) is 30.4 Å². The second kappa shape index (κ2) is 10.0. The van der Waals surface area contributed by atoms with Gasteiger partial charge in [-0.3, -0.25) is 14.4 Å². The second-order valence-electron chi connectivity index (χ2n) is 15.7. The molecule has 4 aliphatic carbocycles. The van der Waals surface area contributed by atoms with E-state index < -0.39 is 20.9 Å². The van der Waals surface area contributed by atoms with E-state index >= 15 is 0 Å². The van der Waals surface area contributed by atoms with E-state index in [2.05, 4.69) is 32.9 Å². The number of benzene rings is 2. The molecule has 1 aromatic heterocycles. The maximum atomic E-state index is 14.9. The molecule has 2 unspecified atom stereocenters. The Hall–Kier alpha value is -3.46. The number of hydrogen-bond acceptors (Lipinski definition) is 6. The number of carbonyl (C=O) groups excluding carboxylic acids is 1. The molecule has 2 bridgehead atoms. The van der Waals surface area contributed by atoms with Crippen LogP contribution in [0.2, 0.25) is 0 Å². The molecule has 2 aliphatic heterocycles. The van der Waals surface area contributed by atoms with Gasteiger partial charge in [0.15, 0.2) is 9.84 Å². The third-order valence-electron chi connectivity index (χ3n) is 13.7. The Morgan fingerprint density at radius 1 is 0.872 bits per heavy atom. The fraction of sp³-hybridized carbons (Fsp3) is 0.553. The lowest BCUT2D eigenvalue weighted by molar-refractivity contribution is -0.206. The first-order valence-corrected chi connectivity index (χ1v) is 18.9. The highest BCUT2D eigenvalue weighted by atomic mass is 32.2. The van der Waals surface area contributed by atoms with Gasteiger partial charge in [0.25, 0.3) is 11.1 Å². The molecule has 3 aromatic rings. The summed E-state index contributed by atoms with van der Waals surface area (Å²) in [6, 6.07) is 15.9. The minimum atomic E-state index is -3.47. The number of carbonyl (C=O) groups is 1. The number of sulfone groups is 1. The van der Waals surface area contributed by atoms with Crippen LogP contribution in [0.3, 0.4) is 0 Å². The van der Waals surface area contributed by atoms with Gasteiger partial charge in [0, 0.05) is 18.8 Å². The summed E-state index contributed by atoms with van der Waals surface area (Å²) >= 11 is 0. The highest BCUT2D eigenvalue weighted by Crippen LogP contribution is 2.74. The van der Waals surface area contributed by atoms with Crippen molar-refractivity contribution in [3.8, 4) is 0 Å². The summed E-state index contributed by atoms with van der Waals surface area (Å²) in [4.78, 5) is 42.1. The van der Waals surface area contributed by atoms with Crippen molar-refractivity contribution >= 4 is 26.6 Å². The molecule has 0 amide bonds. The van der Waals surface area contributed by atoms with Crippen molar-refractivity contribution in [1.29, 1.82) is 0 Å². The second-order valence-corrected chi connectivity index (χ2v) is 17.8. The van der Waals surface area contributed by atoms with Crippen LogP contribution >= 0.6 is 0 Å². The zero-order valence-corrected chi connectivity index (χ0v) is 28.5. The zero-order valence-electron chi connectivity index (χ0n) is 27.6. The molecule has 2 aromatic carbocycles. The van der Waals surface area contributed by atoms with Crippen molar-refractivity contribution in [2.24, 2.45) is 34.5 Å². The van der Waals surface area contributed by atoms with Crippen LogP contribution in [0, 0.1) is 34.5 Å². The topological polar surface area (TPSA) is 104 Å². The number of rotatable bonds is 5. The van der Waals surface area contributed by atoms with Crippen LogP contribution < -0.4 is 11.1 Å². The average molecular weight is 657 g/mol. The number of nitrogens with zero attached hydrogens (tertiary/aromatic N) is 2. The maximum absolute atomic E-state index is 14.9. The third kappa shape index (κ3) is 3.86. The molecule has 0 radical (unpaired) electrons. The van der Waals surface area contributed by atoms with Crippen LogP contribution in [0.4, 0.5) is 0 Å². The summed E-state index contributed by atoms with van der Waals surface area (Å²) in [5.41, 5.74) is -2.47. The lowest BCUT2D eigenvalue weighted by atomic mass is 9.40. The van der Waals surface area contributed by atoms with Gasteiger partial charge in [-0.15, -0.1) is 0 Å². The van der Waals surface area contributed by atoms with E-state index in [1.54, 1.807) is 41.1 Å². The Bertz CT molecular complexity index is 2070. The van der Waals surface area contributed by atoms with E-state index in [1.165, 1.54) is 6.92 Å². The van der Waals surface area contributed by atoms with Crippen LogP contribution in [0.1, 0.15) is 72.6 Å². The van der Waals surface area contributed by atoms with E-state index in [4.69, 9.17) is 4.74 Å². The molecule has 8 nitrogen and oxygen atoms in total. The molecule has 3 fully saturated rings. The number of aromatic nitrogens is 2. The minimum absolute atomic E-state index is 0.0442. The summed E-state index contributed by atoms with van der Waals surface area (Å²) in [5, 5.41) is 0.842. The molecule has 6 aliphatic rings. The van der Waals surface area contributed by atoms with Crippen molar-refractivity contribution < 1.29 is 17.9 Å². The van der Waals surface area contributed by atoms with Gasteiger partial charge in [-0.1, -0.05) is 63.3 Å². The molecule has 248 valence electrons. The first kappa shape index (κ1) is 30.8. The molecule has 9 atom stereocenters. The molecule has 9 heteroatoms. The number of esters is 1. The van der Waals surface area contributed by atoms with E-state index in [0.717, 1.165) is 32.1 Å². The maximum Gasteiger partial charge on any atom is 0.302 e. The monoisotopic (exact) mass is 656 g/mol. The number of hydrogen-bond donors (Lipinski definition) is 0. The Kier molecular flexibility index (Phi) is 6.58. The fourth-order valence-electron chi connectivity index (χ4n) is 11.9. The van der Waals surface area contributed by atoms with E-state index in [1.807, 2.05) is 22.9 Å². The minimum Gasteiger partial charge on any atom is -0.462 e. The summed E-state index contributed by atoms with van der Waals surface area (Å²) in [7, 11) is -3.47. The summed E-state index contributed by atoms with van der Waals surface area (Å²) < 4.78 is 36.6. The lowest BCUT2D eigenvalue weighted by Crippen LogP contribution is -2.78. The molecule has 3 heterocycles. The Morgan fingerprint density at radius 3 is 2.21 bits per heavy atom. The summed E-state index contributed by atoms with van der Waals surface area (Å²) in [6.07, 6.45) is 9.58. The van der Waals surface area contributed by atoms with Gasteiger partial charge < -0.3 is 4.74 Å². The molecule has 0 N–H and O–H groups in total. The van der Waals surface area contributed by atoms with Gasteiger partial charge >= 0.3 is 5.97 Å². The van der Waals surface area contributed by atoms with Crippen LogP contribution in [0.5, 0.6) is 0 Å². The third-order valence-corrected chi connectivity index (χ3v) is 15.7. The smallest absolute Gasteiger partial charge is 0.302 e. The van der Waals surface area contributed by atoms with E-state index in [-0.39, 0.29) is 63.4 Å². The van der Waals surface area contributed by atoms with E-state index in [0.29, 0.717) is 28.5 Å². The van der Waals surface area contributed by atoms with Gasteiger partial charge in [-0.25, -0.2) is 17.8 Å². The Morgan fingerprint density at radius 2 is 1.53 bits per heavy atom. The molecule has 9 rings (SSSR count). The Balaban J connectivity index is 1.30. The predicted octanol–water partition coefficient (Wildman–Crippen LogP) is 5.81. The van der Waals surface area contributed by atoms with Crippen molar-refractivity contribution in [3.63, 3.8) is 0 Å². The first-order chi connectivity index (χ1) is 22.3. The molecule has 0 saturated heterocycles. The normalized spacial score (nSPS) is 37.4. The molecule has 2 spiro atoms.